The Balaban J connectivity index is 0.00000147. The van der Waals surface area contributed by atoms with Crippen LogP contribution in [-0.2, 0) is 20.2 Å². The van der Waals surface area contributed by atoms with Gasteiger partial charge in [0.1, 0.15) is 57.3 Å². The van der Waals surface area contributed by atoms with Crippen LogP contribution in [0.25, 0.3) is 0 Å². The van der Waals surface area contributed by atoms with Gasteiger partial charge in [0.15, 0.2) is 14.3 Å². The van der Waals surface area contributed by atoms with Crippen LogP contribution < -0.4 is 82.9 Å². The van der Waals surface area contributed by atoms with Crippen LogP contribution in [0, 0.1) is 52.5 Å². The van der Waals surface area contributed by atoms with Gasteiger partial charge in [0.2, 0.25) is 3.57 Å². The molecule has 4 N–H and O–H groups in total. The molecular formula is C95H137F6I3O13S2Sb+. The van der Waals surface area contributed by atoms with E-state index in [1.165, 1.54) is 229 Å². The van der Waals surface area contributed by atoms with Crippen molar-refractivity contribution in [1.82, 2.24) is 0 Å². The molecule has 0 aliphatic carbocycles. The Bertz CT molecular complexity index is 3810. The zero-order valence-corrected chi connectivity index (χ0v) is 82.5. The SMILES string of the molecule is CCCCCCCCCCCCC(O)COc1ccc([I+]c2ccc(C)cc2)cc1.CCCCCCCCCCCCC(O)COc1ccc([I+]c2ccc(C)cc2)cc1.CCCCCCCCCCCCC(O)COc1ccccc1.Cc1ccc(S(=O)(=O)[O-])cc1.Cc1ccc(S(=O)(=O)[O-])cc1.Cc1ccc([I+]O)cc1.[F-].[F][Sb]([F])([F])([F])[F].[H+]. The molecule has 3 unspecified atom stereocenters. The van der Waals surface area contributed by atoms with Gasteiger partial charge in [0, 0.05) is 0 Å². The molecule has 0 aliphatic heterocycles. The van der Waals surface area contributed by atoms with E-state index in [2.05, 4.69) is 107 Å². The van der Waals surface area contributed by atoms with Gasteiger partial charge in [0.25, 0.3) is 0 Å². The second kappa shape index (κ2) is 68.6. The van der Waals surface area contributed by atoms with E-state index in [0.29, 0.717) is 19.8 Å². The van der Waals surface area contributed by atoms with Crippen LogP contribution >= 0.6 is 0 Å². The van der Waals surface area contributed by atoms with Gasteiger partial charge in [-0.1, -0.05) is 320 Å². The van der Waals surface area contributed by atoms with Crippen molar-refractivity contribution in [3.63, 3.8) is 0 Å². The van der Waals surface area contributed by atoms with Crippen molar-refractivity contribution >= 4 is 40.5 Å². The first-order valence-electron chi connectivity index (χ1n) is 42.4. The summed E-state index contributed by atoms with van der Waals surface area (Å²) in [5.74, 6) is 2.55. The molecule has 8 rings (SSSR count). The molecule has 0 radical (unpaired) electrons. The topological polar surface area (TPSA) is 223 Å². The minimum Gasteiger partial charge on any atom is 1.00 e. The predicted molar refractivity (Wildman–Crippen MR) is 463 cm³/mol. The third-order valence-corrected chi connectivity index (χ3v) is 26.9. The van der Waals surface area contributed by atoms with Crippen LogP contribution in [0.4, 0.5) is 14.1 Å². The number of aryl methyl sites for hydroxylation is 5. The fourth-order valence-corrected chi connectivity index (χ4v) is 17.5. The molecule has 0 amide bonds. The Morgan fingerprint density at radius 1 is 0.317 bits per heavy atom. The largest absolute Gasteiger partial charge is 1.00 e. The molecule has 0 heterocycles. The van der Waals surface area contributed by atoms with E-state index in [9.17, 15) is 55.3 Å². The van der Waals surface area contributed by atoms with Crippen LogP contribution in [0.1, 0.15) is 262 Å². The average Bonchev–Trinajstić information content (AvgIpc) is 0.870. The van der Waals surface area contributed by atoms with Crippen molar-refractivity contribution in [2.75, 3.05) is 19.8 Å². The molecule has 120 heavy (non-hydrogen) atoms. The maximum Gasteiger partial charge on any atom is 1.00 e. The minimum absolute atomic E-state index is 0. The smallest absolute Gasteiger partial charge is 1.00 e. The fourth-order valence-electron chi connectivity index (χ4n) is 11.6. The summed E-state index contributed by atoms with van der Waals surface area (Å²) in [6.45, 7) is 17.9. The van der Waals surface area contributed by atoms with Gasteiger partial charge in [0.05, 0.1) is 28.1 Å². The summed E-state index contributed by atoms with van der Waals surface area (Å²) in [7, 11) is -8.54. The van der Waals surface area contributed by atoms with Crippen LogP contribution in [0.3, 0.4) is 0 Å². The van der Waals surface area contributed by atoms with E-state index in [0.717, 1.165) is 70.5 Å². The third kappa shape index (κ3) is 66.9. The first-order chi connectivity index (χ1) is 56.7. The second-order valence-corrected chi connectivity index (χ2v) is 44.1. The summed E-state index contributed by atoms with van der Waals surface area (Å²) in [6.07, 6.45) is 41.3. The number of halogens is 9. The maximum atomic E-state index is 10.4. The average molecular weight is 2170 g/mol. The molecule has 0 bridgehead atoms. The summed E-state index contributed by atoms with van der Waals surface area (Å²) < 4.78 is 144. The maximum absolute atomic E-state index is 10.4. The van der Waals surface area contributed by atoms with Gasteiger partial charge in [-0.05, 0) is 175 Å². The van der Waals surface area contributed by atoms with E-state index in [-0.39, 0.29) is 76.6 Å². The summed E-state index contributed by atoms with van der Waals surface area (Å²) >= 11 is -10.2. The number of aliphatic hydroxyl groups excluding tert-OH is 3. The predicted octanol–water partition coefficient (Wildman–Crippen LogP) is 12.9. The number of para-hydroxylation sites is 1. The van der Waals surface area contributed by atoms with Crippen molar-refractivity contribution in [1.29, 1.82) is 0 Å². The van der Waals surface area contributed by atoms with Crippen LogP contribution in [0.15, 0.2) is 210 Å². The summed E-state index contributed by atoms with van der Waals surface area (Å²) in [4.78, 5) is -0.355. The van der Waals surface area contributed by atoms with E-state index in [1.54, 1.807) is 24.3 Å². The number of unbranched alkanes of at least 4 members (excludes halogenated alkanes) is 27. The molecule has 0 spiro atoms. The van der Waals surface area contributed by atoms with E-state index in [4.69, 9.17) is 17.6 Å². The van der Waals surface area contributed by atoms with Crippen molar-refractivity contribution in [3.05, 3.63) is 246 Å². The number of rotatable bonds is 49. The van der Waals surface area contributed by atoms with E-state index >= 15 is 0 Å². The molecule has 0 aromatic heterocycles. The monoisotopic (exact) mass is 2170 g/mol. The van der Waals surface area contributed by atoms with Gasteiger partial charge < -0.3 is 43.3 Å². The zero-order valence-electron chi connectivity index (χ0n) is 72.9. The number of ether oxygens (including phenoxy) is 3. The van der Waals surface area contributed by atoms with Crippen molar-refractivity contribution < 1.29 is 143 Å². The molecule has 0 saturated carbocycles. The Labute approximate surface area is 754 Å². The Hall–Kier alpha value is -4.59. The van der Waals surface area contributed by atoms with Crippen LogP contribution in [-0.4, -0.2) is 103 Å². The summed E-state index contributed by atoms with van der Waals surface area (Å²) in [5, 5.41) is 30.3. The molecule has 25 heteroatoms. The van der Waals surface area contributed by atoms with E-state index in [1.807, 2.05) is 99.6 Å². The standard InChI is InChI=1S/2C27H40IO2.C20H34O2.C7H8IO.2C7H8O3S.6FH.Sb/c2*1-3-4-5-6-7-8-9-10-11-12-13-26(29)22-30-27-20-18-25(19-21-27)28-24-16-14-23(2)15-17-24;1-2-3-4-5-6-7-8-9-10-12-15-19(21)18-22-20-16-13-11-14-17-20;1-6-2-4-7(8-9)5-3-6;2*1-6-2-4-7(5-3-6)11(8,9)10;;;;;;;/h2*14-21,26,29H,3-13,22H2,1-2H3;11,13-14,16-17,19,21H,2-10,12,15,18H2,1H3;2-5,9H,1H3;2*2-5H,1H3,(H,8,9,10);6*1H;/q2*+1;;+1;;;;;;;;;+5/p-7. The normalized spacial score (nSPS) is 12.1. The molecule has 8 aromatic rings. The number of hydrogen-bond acceptors (Lipinski definition) is 13. The van der Waals surface area contributed by atoms with Gasteiger partial charge >= 0.3 is 99.8 Å². The van der Waals surface area contributed by atoms with E-state index < -0.39 is 62.2 Å². The Morgan fingerprint density at radius 3 is 0.725 bits per heavy atom. The summed E-state index contributed by atoms with van der Waals surface area (Å²) in [6, 6.07) is 63.7. The van der Waals surface area contributed by atoms with Gasteiger partial charge in [-0.15, -0.1) is 0 Å². The fraction of sp³-hybridized carbons (Fsp3) is 0.495. The number of hydrogen-bond donors (Lipinski definition) is 4. The molecule has 0 fully saturated rings. The molecule has 0 aliphatic rings. The number of aliphatic hydroxyl groups is 3. The molecule has 3 atom stereocenters. The first kappa shape index (κ1) is 113. The zero-order chi connectivity index (χ0) is 87.9. The van der Waals surface area contributed by atoms with Crippen LogP contribution in [0.5, 0.6) is 17.2 Å². The quantitative estimate of drug-likeness (QED) is 0.00917. The Morgan fingerprint density at radius 2 is 0.508 bits per heavy atom. The molecule has 13 nitrogen and oxygen atoms in total. The van der Waals surface area contributed by atoms with Crippen molar-refractivity contribution in [2.24, 2.45) is 0 Å². The Kier molecular flexibility index (Phi) is 64.9. The van der Waals surface area contributed by atoms with Gasteiger partial charge in [-0.2, -0.15) is 3.44 Å². The first-order valence-corrected chi connectivity index (χ1v) is 56.4. The van der Waals surface area contributed by atoms with Gasteiger partial charge in [-0.25, -0.2) is 16.8 Å². The molecule has 0 saturated heterocycles. The minimum atomic E-state index is -9.19. The number of benzene rings is 8. The van der Waals surface area contributed by atoms with Crippen molar-refractivity contribution in [2.45, 2.75) is 295 Å². The molecule has 8 aromatic carbocycles. The second-order valence-electron chi connectivity index (χ2n) is 29.9. The molecular weight excluding hydrogens is 2030 g/mol. The molecule has 674 valence electrons. The third-order valence-electron chi connectivity index (χ3n) is 18.6. The van der Waals surface area contributed by atoms with Gasteiger partial charge in [-0.3, -0.25) is 0 Å². The van der Waals surface area contributed by atoms with Crippen LogP contribution in [0.2, 0.25) is 0 Å². The summed E-state index contributed by atoms with van der Waals surface area (Å²) in [5.41, 5.74) is 5.72. The van der Waals surface area contributed by atoms with Crippen molar-refractivity contribution in [3.8, 4) is 17.2 Å².